The number of carboxylic acid groups (broad SMARTS) is 1. The molecule has 1 aliphatic rings. The summed E-state index contributed by atoms with van der Waals surface area (Å²) in [7, 11) is -3.09. The fourth-order valence-corrected chi connectivity index (χ4v) is 4.50. The van der Waals surface area contributed by atoms with E-state index in [9.17, 15) is 18.3 Å². The highest BCUT2D eigenvalue weighted by Gasteiger charge is 2.42. The zero-order valence-electron chi connectivity index (χ0n) is 12.0. The standard InChI is InChI=1S/C14H26O4S/c1-3-10-19(17,18)11-9-14(13(15)16)7-5-12(4-2)6-8-14/h12H,3-11H2,1-2H3,(H,15,16). The van der Waals surface area contributed by atoms with Crippen LogP contribution in [0.25, 0.3) is 0 Å². The molecule has 1 saturated carbocycles. The molecule has 0 atom stereocenters. The van der Waals surface area contributed by atoms with E-state index in [0.29, 0.717) is 25.2 Å². The molecular weight excluding hydrogens is 264 g/mol. The lowest BCUT2D eigenvalue weighted by Crippen LogP contribution is -2.37. The Balaban J connectivity index is 2.67. The van der Waals surface area contributed by atoms with Gasteiger partial charge in [0.05, 0.1) is 11.2 Å². The molecule has 0 aromatic carbocycles. The van der Waals surface area contributed by atoms with Gasteiger partial charge < -0.3 is 5.11 Å². The third-order valence-corrected chi connectivity index (χ3v) is 6.36. The Kier molecular flexibility index (Phi) is 5.83. The maximum Gasteiger partial charge on any atom is 0.309 e. The van der Waals surface area contributed by atoms with Crippen molar-refractivity contribution in [1.29, 1.82) is 0 Å². The molecule has 0 aromatic heterocycles. The highest BCUT2D eigenvalue weighted by molar-refractivity contribution is 7.91. The zero-order chi connectivity index (χ0) is 14.5. The molecule has 1 fully saturated rings. The fourth-order valence-electron chi connectivity index (χ4n) is 2.97. The lowest BCUT2D eigenvalue weighted by molar-refractivity contribution is -0.151. The Labute approximate surface area is 116 Å². The van der Waals surface area contributed by atoms with Crippen LogP contribution in [0.1, 0.15) is 58.8 Å². The Morgan fingerprint density at radius 3 is 2.21 bits per heavy atom. The van der Waals surface area contributed by atoms with Crippen molar-refractivity contribution in [2.24, 2.45) is 11.3 Å². The molecular formula is C14H26O4S. The van der Waals surface area contributed by atoms with Crippen molar-refractivity contribution in [3.8, 4) is 0 Å². The van der Waals surface area contributed by atoms with Gasteiger partial charge >= 0.3 is 5.97 Å². The smallest absolute Gasteiger partial charge is 0.309 e. The Bertz CT molecular complexity index is 392. The van der Waals surface area contributed by atoms with Crippen LogP contribution >= 0.6 is 0 Å². The molecule has 4 nitrogen and oxygen atoms in total. The monoisotopic (exact) mass is 290 g/mol. The van der Waals surface area contributed by atoms with Gasteiger partial charge in [-0.1, -0.05) is 20.3 Å². The van der Waals surface area contributed by atoms with Gasteiger partial charge in [-0.15, -0.1) is 0 Å². The van der Waals surface area contributed by atoms with Crippen molar-refractivity contribution >= 4 is 15.8 Å². The van der Waals surface area contributed by atoms with Gasteiger partial charge in [-0.2, -0.15) is 0 Å². The topological polar surface area (TPSA) is 71.4 Å². The average Bonchev–Trinajstić information content (AvgIpc) is 2.37. The first kappa shape index (κ1) is 16.5. The predicted molar refractivity (Wildman–Crippen MR) is 75.9 cm³/mol. The number of carboxylic acids is 1. The molecule has 0 unspecified atom stereocenters. The van der Waals surface area contributed by atoms with E-state index >= 15 is 0 Å². The van der Waals surface area contributed by atoms with Crippen LogP contribution in [0.2, 0.25) is 0 Å². The molecule has 112 valence electrons. The van der Waals surface area contributed by atoms with E-state index in [-0.39, 0.29) is 17.9 Å². The molecule has 1 N–H and O–H groups in total. The summed E-state index contributed by atoms with van der Waals surface area (Å²) in [6.07, 6.45) is 5.05. The average molecular weight is 290 g/mol. The maximum atomic E-state index is 11.8. The summed E-state index contributed by atoms with van der Waals surface area (Å²) in [5.41, 5.74) is -0.799. The van der Waals surface area contributed by atoms with E-state index in [1.807, 2.05) is 6.92 Å². The van der Waals surface area contributed by atoms with E-state index in [2.05, 4.69) is 6.92 Å². The molecule has 19 heavy (non-hydrogen) atoms. The second-order valence-electron chi connectivity index (χ2n) is 5.84. The molecule has 0 radical (unpaired) electrons. The summed E-state index contributed by atoms with van der Waals surface area (Å²) in [4.78, 5) is 11.6. The van der Waals surface area contributed by atoms with Crippen molar-refractivity contribution in [1.82, 2.24) is 0 Å². The third kappa shape index (κ3) is 4.48. The van der Waals surface area contributed by atoms with E-state index in [0.717, 1.165) is 19.3 Å². The second-order valence-corrected chi connectivity index (χ2v) is 8.14. The van der Waals surface area contributed by atoms with E-state index < -0.39 is 21.2 Å². The molecule has 0 amide bonds. The van der Waals surface area contributed by atoms with Crippen molar-refractivity contribution in [2.45, 2.75) is 58.8 Å². The number of carbonyl (C=O) groups is 1. The normalized spacial score (nSPS) is 28.2. The van der Waals surface area contributed by atoms with E-state index in [4.69, 9.17) is 0 Å². The van der Waals surface area contributed by atoms with Gasteiger partial charge in [0.1, 0.15) is 9.84 Å². The zero-order valence-corrected chi connectivity index (χ0v) is 12.8. The van der Waals surface area contributed by atoms with E-state index in [1.165, 1.54) is 0 Å². The van der Waals surface area contributed by atoms with Gasteiger partial charge in [0, 0.05) is 5.75 Å². The Hall–Kier alpha value is -0.580. The minimum Gasteiger partial charge on any atom is -0.481 e. The molecule has 5 heteroatoms. The van der Waals surface area contributed by atoms with Crippen LogP contribution in [0.4, 0.5) is 0 Å². The van der Waals surface area contributed by atoms with Crippen LogP contribution in [0.3, 0.4) is 0 Å². The summed E-state index contributed by atoms with van der Waals surface area (Å²) in [6.45, 7) is 3.96. The molecule has 1 aliphatic carbocycles. The lowest BCUT2D eigenvalue weighted by Gasteiger charge is -2.36. The number of aliphatic carboxylic acids is 1. The minimum atomic E-state index is -3.09. The largest absolute Gasteiger partial charge is 0.481 e. The first-order chi connectivity index (χ1) is 8.85. The van der Waals surface area contributed by atoms with Crippen LogP contribution in [-0.4, -0.2) is 31.0 Å². The number of rotatable bonds is 7. The summed E-state index contributed by atoms with van der Waals surface area (Å²) >= 11 is 0. The van der Waals surface area contributed by atoms with Crippen LogP contribution in [0, 0.1) is 11.3 Å². The molecule has 0 aromatic rings. The van der Waals surface area contributed by atoms with Crippen molar-refractivity contribution in [3.63, 3.8) is 0 Å². The molecule has 0 saturated heterocycles. The summed E-state index contributed by atoms with van der Waals surface area (Å²) in [5, 5.41) is 9.48. The Morgan fingerprint density at radius 1 is 1.21 bits per heavy atom. The SMILES string of the molecule is CCCS(=O)(=O)CCC1(C(=O)O)CCC(CC)CC1. The van der Waals surface area contributed by atoms with Gasteiger partial charge in [-0.05, 0) is 44.4 Å². The first-order valence-corrected chi connectivity index (χ1v) is 9.11. The minimum absolute atomic E-state index is 0.0178. The summed E-state index contributed by atoms with van der Waals surface area (Å²) in [6, 6.07) is 0. The summed E-state index contributed by atoms with van der Waals surface area (Å²) in [5.74, 6) is -0.0157. The van der Waals surface area contributed by atoms with Gasteiger partial charge in [0.15, 0.2) is 0 Å². The highest BCUT2D eigenvalue weighted by Crippen LogP contribution is 2.43. The predicted octanol–water partition coefficient (Wildman–Crippen LogP) is 2.87. The van der Waals surface area contributed by atoms with Gasteiger partial charge in [0.25, 0.3) is 0 Å². The molecule has 0 spiro atoms. The summed E-state index contributed by atoms with van der Waals surface area (Å²) < 4.78 is 23.5. The lowest BCUT2D eigenvalue weighted by atomic mass is 9.68. The van der Waals surface area contributed by atoms with Crippen molar-refractivity contribution in [2.75, 3.05) is 11.5 Å². The van der Waals surface area contributed by atoms with Gasteiger partial charge in [0.2, 0.25) is 0 Å². The second kappa shape index (κ2) is 6.73. The molecule has 0 aliphatic heterocycles. The third-order valence-electron chi connectivity index (χ3n) is 4.50. The molecule has 0 heterocycles. The van der Waals surface area contributed by atoms with Crippen molar-refractivity contribution in [3.05, 3.63) is 0 Å². The van der Waals surface area contributed by atoms with Crippen LogP contribution in [0.5, 0.6) is 0 Å². The molecule has 1 rings (SSSR count). The van der Waals surface area contributed by atoms with Crippen LogP contribution in [-0.2, 0) is 14.6 Å². The van der Waals surface area contributed by atoms with Crippen molar-refractivity contribution < 1.29 is 18.3 Å². The maximum absolute atomic E-state index is 11.8. The quantitative estimate of drug-likeness (QED) is 0.782. The number of hydrogen-bond acceptors (Lipinski definition) is 3. The van der Waals surface area contributed by atoms with E-state index in [1.54, 1.807) is 0 Å². The fraction of sp³-hybridized carbons (Fsp3) is 0.929. The van der Waals surface area contributed by atoms with Crippen LogP contribution in [0.15, 0.2) is 0 Å². The molecule has 0 bridgehead atoms. The van der Waals surface area contributed by atoms with Gasteiger partial charge in [-0.25, -0.2) is 8.42 Å². The van der Waals surface area contributed by atoms with Crippen LogP contribution < -0.4 is 0 Å². The Morgan fingerprint density at radius 2 is 1.79 bits per heavy atom. The highest BCUT2D eigenvalue weighted by atomic mass is 32.2. The van der Waals surface area contributed by atoms with Gasteiger partial charge in [-0.3, -0.25) is 4.79 Å². The number of sulfone groups is 1. The first-order valence-electron chi connectivity index (χ1n) is 7.29. The number of hydrogen-bond donors (Lipinski definition) is 1.